The molecule has 8 heteroatoms. The molecule has 0 radical (unpaired) electrons. The third-order valence-electron chi connectivity index (χ3n) is 2.31. The molecule has 0 spiro atoms. The Morgan fingerprint density at radius 2 is 1.61 bits per heavy atom. The highest BCUT2D eigenvalue weighted by Gasteiger charge is 2.14. The maximum Gasteiger partial charge on any atom is 0.209 e. The highest BCUT2D eigenvalue weighted by molar-refractivity contribution is 7.91. The van der Waals surface area contributed by atoms with Gasteiger partial charge in [-0.05, 0) is 31.0 Å². The minimum absolute atomic E-state index is 0.119. The van der Waals surface area contributed by atoms with Gasteiger partial charge >= 0.3 is 0 Å². The highest BCUT2D eigenvalue weighted by Crippen LogP contribution is 2.15. The summed E-state index contributed by atoms with van der Waals surface area (Å²) in [6, 6.07) is 6.01. The van der Waals surface area contributed by atoms with Crippen molar-refractivity contribution in [3.05, 3.63) is 24.3 Å². The van der Waals surface area contributed by atoms with Gasteiger partial charge in [-0.3, -0.25) is 0 Å². The van der Waals surface area contributed by atoms with Gasteiger partial charge in [0, 0.05) is 5.69 Å². The number of sulfone groups is 1. The molecule has 0 aliphatic carbocycles. The smallest absolute Gasteiger partial charge is 0.209 e. The maximum atomic E-state index is 11.9. The van der Waals surface area contributed by atoms with Crippen LogP contribution in [0.1, 0.15) is 12.8 Å². The summed E-state index contributed by atoms with van der Waals surface area (Å²) in [4.78, 5) is 0.151. The summed E-state index contributed by atoms with van der Waals surface area (Å²) in [5, 5.41) is 4.82. The predicted octanol–water partition coefficient (Wildman–Crippen LogP) is 0.111. The number of rotatable bonds is 6. The van der Waals surface area contributed by atoms with Gasteiger partial charge in [0.15, 0.2) is 9.84 Å². The van der Waals surface area contributed by atoms with E-state index in [1.165, 1.54) is 12.1 Å². The third kappa shape index (κ3) is 5.03. The van der Waals surface area contributed by atoms with E-state index in [2.05, 4.69) is 0 Å². The van der Waals surface area contributed by atoms with E-state index in [-0.39, 0.29) is 29.2 Å². The summed E-state index contributed by atoms with van der Waals surface area (Å²) in [6.07, 6.45) is 0.466. The van der Waals surface area contributed by atoms with Crippen molar-refractivity contribution in [3.8, 4) is 0 Å². The summed E-state index contributed by atoms with van der Waals surface area (Å²) in [7, 11) is -6.94. The molecule has 4 N–H and O–H groups in total. The van der Waals surface area contributed by atoms with E-state index in [1.807, 2.05) is 0 Å². The number of hydrogen-bond donors (Lipinski definition) is 2. The summed E-state index contributed by atoms with van der Waals surface area (Å²) in [6.45, 7) is 0. The molecule has 1 aromatic rings. The van der Waals surface area contributed by atoms with E-state index in [4.69, 9.17) is 10.9 Å². The van der Waals surface area contributed by atoms with Gasteiger partial charge in [-0.25, -0.2) is 22.0 Å². The van der Waals surface area contributed by atoms with E-state index >= 15 is 0 Å². The van der Waals surface area contributed by atoms with Crippen LogP contribution in [0.3, 0.4) is 0 Å². The largest absolute Gasteiger partial charge is 0.399 e. The zero-order chi connectivity index (χ0) is 13.8. The van der Waals surface area contributed by atoms with Gasteiger partial charge in [-0.15, -0.1) is 0 Å². The summed E-state index contributed by atoms with van der Waals surface area (Å²) < 4.78 is 45.1. The zero-order valence-corrected chi connectivity index (χ0v) is 11.4. The van der Waals surface area contributed by atoms with Crippen LogP contribution in [0, 0.1) is 0 Å². The Hall–Kier alpha value is -1.12. The molecule has 0 aliphatic heterocycles. The third-order valence-corrected chi connectivity index (χ3v) is 4.97. The van der Waals surface area contributed by atoms with Crippen LogP contribution < -0.4 is 10.9 Å². The molecular weight excluding hydrogens is 276 g/mol. The Labute approximate surface area is 107 Å². The van der Waals surface area contributed by atoms with Crippen LogP contribution in [-0.4, -0.2) is 28.3 Å². The summed E-state index contributed by atoms with van der Waals surface area (Å²) in [5.41, 5.74) is 5.88. The van der Waals surface area contributed by atoms with Crippen molar-refractivity contribution >= 4 is 25.5 Å². The molecule has 0 fully saturated rings. The van der Waals surface area contributed by atoms with E-state index in [0.29, 0.717) is 5.69 Å². The van der Waals surface area contributed by atoms with Gasteiger partial charge < -0.3 is 5.73 Å². The fourth-order valence-electron chi connectivity index (χ4n) is 1.42. The van der Waals surface area contributed by atoms with Gasteiger partial charge in [-0.1, -0.05) is 6.07 Å². The van der Waals surface area contributed by atoms with E-state index in [0.717, 1.165) is 0 Å². The summed E-state index contributed by atoms with van der Waals surface area (Å²) in [5.74, 6) is -0.328. The quantitative estimate of drug-likeness (QED) is 0.569. The van der Waals surface area contributed by atoms with Gasteiger partial charge in [-0.2, -0.15) is 0 Å². The number of primary sulfonamides is 1. The molecule has 1 aromatic carbocycles. The van der Waals surface area contributed by atoms with Crippen LogP contribution in [0.4, 0.5) is 5.69 Å². The Bertz CT molecular complexity index is 609. The number of sulfonamides is 1. The second-order valence-corrected chi connectivity index (χ2v) is 7.81. The lowest BCUT2D eigenvalue weighted by atomic mass is 10.3. The molecule has 18 heavy (non-hydrogen) atoms. The van der Waals surface area contributed by atoms with Crippen molar-refractivity contribution < 1.29 is 16.8 Å². The molecule has 0 saturated carbocycles. The van der Waals surface area contributed by atoms with Crippen LogP contribution in [0.15, 0.2) is 29.2 Å². The lowest BCUT2D eigenvalue weighted by Crippen LogP contribution is -2.17. The normalized spacial score (nSPS) is 12.5. The number of nitrogens with two attached hydrogens (primary N) is 2. The highest BCUT2D eigenvalue weighted by atomic mass is 32.2. The Kier molecular flexibility index (Phi) is 4.71. The molecule has 0 amide bonds. The van der Waals surface area contributed by atoms with Crippen LogP contribution in [0.5, 0.6) is 0 Å². The topological polar surface area (TPSA) is 120 Å². The van der Waals surface area contributed by atoms with Crippen LogP contribution in [-0.2, 0) is 19.9 Å². The second-order valence-electron chi connectivity index (χ2n) is 3.97. The van der Waals surface area contributed by atoms with Gasteiger partial charge in [0.25, 0.3) is 0 Å². The van der Waals surface area contributed by atoms with Crippen molar-refractivity contribution in [2.45, 2.75) is 17.7 Å². The number of benzene rings is 1. The molecule has 0 saturated heterocycles. The molecular formula is C10H16N2O4S2. The molecule has 0 atom stereocenters. The minimum Gasteiger partial charge on any atom is -0.399 e. The molecule has 0 aliphatic rings. The van der Waals surface area contributed by atoms with Gasteiger partial charge in [0.2, 0.25) is 10.0 Å². The first-order chi connectivity index (χ1) is 8.21. The van der Waals surface area contributed by atoms with Crippen molar-refractivity contribution in [2.24, 2.45) is 5.14 Å². The fraction of sp³-hybridized carbons (Fsp3) is 0.400. The number of unbranched alkanes of at least 4 members (excludes halogenated alkanes) is 1. The Balaban J connectivity index is 2.61. The fourth-order valence-corrected chi connectivity index (χ4v) is 3.45. The average Bonchev–Trinajstić information content (AvgIpc) is 2.23. The molecule has 1 rings (SSSR count). The second kappa shape index (κ2) is 5.68. The molecule has 0 heterocycles. The number of anilines is 1. The Morgan fingerprint density at radius 3 is 2.17 bits per heavy atom. The molecule has 0 bridgehead atoms. The molecule has 102 valence electrons. The number of nitrogen functional groups attached to an aromatic ring is 1. The Morgan fingerprint density at radius 1 is 1.00 bits per heavy atom. The predicted molar refractivity (Wildman–Crippen MR) is 70.1 cm³/mol. The van der Waals surface area contributed by atoms with E-state index in [9.17, 15) is 16.8 Å². The SMILES string of the molecule is Nc1cccc(S(=O)(=O)CCCCS(N)(=O)=O)c1. The summed E-state index contributed by atoms with van der Waals surface area (Å²) >= 11 is 0. The van der Waals surface area contributed by atoms with Gasteiger partial charge in [0.05, 0.1) is 16.4 Å². The van der Waals surface area contributed by atoms with Crippen molar-refractivity contribution in [1.82, 2.24) is 0 Å². The first-order valence-electron chi connectivity index (χ1n) is 5.29. The molecule has 0 aromatic heterocycles. The van der Waals surface area contributed by atoms with Crippen LogP contribution in [0.2, 0.25) is 0 Å². The average molecular weight is 292 g/mol. The number of hydrogen-bond acceptors (Lipinski definition) is 5. The molecule has 6 nitrogen and oxygen atoms in total. The van der Waals surface area contributed by atoms with Crippen molar-refractivity contribution in [3.63, 3.8) is 0 Å². The van der Waals surface area contributed by atoms with E-state index in [1.54, 1.807) is 12.1 Å². The first-order valence-corrected chi connectivity index (χ1v) is 8.66. The zero-order valence-electron chi connectivity index (χ0n) is 9.74. The standard InChI is InChI=1S/C10H16N2O4S2/c11-9-4-3-5-10(8-9)17(13,14)6-1-2-7-18(12,15)16/h3-5,8H,1-2,6-7,11H2,(H2,12,15,16). The molecule has 0 unspecified atom stereocenters. The maximum absolute atomic E-state index is 11.9. The first kappa shape index (κ1) is 14.9. The van der Waals surface area contributed by atoms with Crippen molar-refractivity contribution in [1.29, 1.82) is 0 Å². The minimum atomic E-state index is -3.53. The van der Waals surface area contributed by atoms with Gasteiger partial charge in [0.1, 0.15) is 0 Å². The van der Waals surface area contributed by atoms with Crippen LogP contribution in [0.25, 0.3) is 0 Å². The van der Waals surface area contributed by atoms with E-state index < -0.39 is 19.9 Å². The van der Waals surface area contributed by atoms with Crippen molar-refractivity contribution in [2.75, 3.05) is 17.2 Å². The lowest BCUT2D eigenvalue weighted by molar-refractivity contribution is 0.586. The lowest BCUT2D eigenvalue weighted by Gasteiger charge is -2.05. The monoisotopic (exact) mass is 292 g/mol. The van der Waals surface area contributed by atoms with Crippen LogP contribution >= 0.6 is 0 Å².